The molecule has 0 saturated carbocycles. The first kappa shape index (κ1) is 24.4. The van der Waals surface area contributed by atoms with Gasteiger partial charge in [0.15, 0.2) is 0 Å². The number of aromatic nitrogens is 1. The molecule has 1 aromatic heterocycles. The monoisotopic (exact) mass is 487 g/mol. The summed E-state index contributed by atoms with van der Waals surface area (Å²) in [5.41, 5.74) is 4.72. The van der Waals surface area contributed by atoms with Crippen LogP contribution in [-0.2, 0) is 11.3 Å². The summed E-state index contributed by atoms with van der Waals surface area (Å²) in [6.07, 6.45) is 2.05. The van der Waals surface area contributed by atoms with Crippen molar-refractivity contribution in [3.05, 3.63) is 89.6 Å². The molecule has 0 atom stereocenters. The van der Waals surface area contributed by atoms with Crippen LogP contribution in [-0.4, -0.2) is 35.8 Å². The van der Waals surface area contributed by atoms with E-state index in [1.165, 1.54) is 17.3 Å². The largest absolute Gasteiger partial charge is 0.497 e. The summed E-state index contributed by atoms with van der Waals surface area (Å²) < 4.78 is 7.34. The molecule has 4 aromatic rings. The molecule has 0 aliphatic carbocycles. The molecular weight excluding hydrogens is 458 g/mol. The predicted octanol–water partition coefficient (Wildman–Crippen LogP) is 5.43. The van der Waals surface area contributed by atoms with E-state index in [1.54, 1.807) is 13.2 Å². The van der Waals surface area contributed by atoms with Crippen LogP contribution in [0, 0.1) is 13.8 Å². The van der Waals surface area contributed by atoms with Crippen LogP contribution in [0.3, 0.4) is 0 Å². The van der Waals surface area contributed by atoms with E-state index >= 15 is 0 Å². The average Bonchev–Trinajstić information content (AvgIpc) is 3.22. The van der Waals surface area contributed by atoms with Gasteiger partial charge in [-0.25, -0.2) is 0 Å². The van der Waals surface area contributed by atoms with E-state index in [1.807, 2.05) is 62.4 Å². The quantitative estimate of drug-likeness (QED) is 0.309. The molecular formula is C28H29N3O3S. The number of hydrogen-bond donors (Lipinski definition) is 2. The maximum absolute atomic E-state index is 12.6. The van der Waals surface area contributed by atoms with Gasteiger partial charge in [-0.2, -0.15) is 0 Å². The first-order chi connectivity index (χ1) is 16.9. The van der Waals surface area contributed by atoms with Crippen LogP contribution in [0.1, 0.15) is 21.5 Å². The Morgan fingerprint density at radius 3 is 2.60 bits per heavy atom. The van der Waals surface area contributed by atoms with Crippen molar-refractivity contribution >= 4 is 40.2 Å². The highest BCUT2D eigenvalue weighted by molar-refractivity contribution is 8.00. The number of anilines is 1. The standard InChI is InChI=1S/C28H29N3O3S/c1-19-11-12-21(15-20(19)2)28(33)29-13-14-31-17-26(24-9-4-5-10-25(24)31)35-18-27(32)30-22-7-6-8-23(16-22)34-3/h4-12,15-17H,13-14,18H2,1-3H3,(H,29,33)(H,30,32). The minimum absolute atomic E-state index is 0.0756. The Morgan fingerprint density at radius 2 is 1.80 bits per heavy atom. The second kappa shape index (κ2) is 11.1. The number of nitrogens with one attached hydrogen (secondary N) is 2. The van der Waals surface area contributed by atoms with Crippen molar-refractivity contribution in [1.29, 1.82) is 0 Å². The summed E-state index contributed by atoms with van der Waals surface area (Å²) in [7, 11) is 1.60. The zero-order chi connectivity index (χ0) is 24.8. The van der Waals surface area contributed by atoms with Crippen LogP contribution in [0.25, 0.3) is 10.9 Å². The lowest BCUT2D eigenvalue weighted by atomic mass is 10.1. The van der Waals surface area contributed by atoms with Gasteiger partial charge in [0.2, 0.25) is 5.91 Å². The fourth-order valence-electron chi connectivity index (χ4n) is 3.83. The van der Waals surface area contributed by atoms with Crippen LogP contribution in [0.15, 0.2) is 77.8 Å². The van der Waals surface area contributed by atoms with Gasteiger partial charge in [0, 0.05) is 52.4 Å². The van der Waals surface area contributed by atoms with Crippen LogP contribution in [0.5, 0.6) is 5.75 Å². The van der Waals surface area contributed by atoms with E-state index in [9.17, 15) is 9.59 Å². The number of carbonyl (C=O) groups excluding carboxylic acids is 2. The van der Waals surface area contributed by atoms with Gasteiger partial charge in [-0.1, -0.05) is 30.3 Å². The molecule has 0 bridgehead atoms. The Labute approximate surface area is 209 Å². The lowest BCUT2D eigenvalue weighted by Crippen LogP contribution is -2.27. The fourth-order valence-corrected chi connectivity index (χ4v) is 4.72. The zero-order valence-corrected chi connectivity index (χ0v) is 20.9. The van der Waals surface area contributed by atoms with Gasteiger partial charge in [-0.05, 0) is 55.3 Å². The van der Waals surface area contributed by atoms with E-state index in [2.05, 4.69) is 33.5 Å². The summed E-state index contributed by atoms with van der Waals surface area (Å²) in [5.74, 6) is 0.826. The predicted molar refractivity (Wildman–Crippen MR) is 143 cm³/mol. The van der Waals surface area contributed by atoms with Crippen LogP contribution < -0.4 is 15.4 Å². The van der Waals surface area contributed by atoms with Crippen molar-refractivity contribution in [2.45, 2.75) is 25.3 Å². The Bertz CT molecular complexity index is 1360. The first-order valence-corrected chi connectivity index (χ1v) is 12.4. The SMILES string of the molecule is COc1cccc(NC(=O)CSc2cn(CCNC(=O)c3ccc(C)c(C)c3)c3ccccc23)c1. The van der Waals surface area contributed by atoms with E-state index in [-0.39, 0.29) is 17.6 Å². The Balaban J connectivity index is 1.38. The number of rotatable bonds is 9. The van der Waals surface area contributed by atoms with E-state index in [4.69, 9.17) is 4.74 Å². The van der Waals surface area contributed by atoms with Crippen molar-refractivity contribution in [3.8, 4) is 5.75 Å². The third-order valence-corrected chi connectivity index (χ3v) is 6.91. The smallest absolute Gasteiger partial charge is 0.251 e. The molecule has 0 fully saturated rings. The van der Waals surface area contributed by atoms with Gasteiger partial charge in [0.25, 0.3) is 5.91 Å². The number of methoxy groups -OCH3 is 1. The topological polar surface area (TPSA) is 72.4 Å². The normalized spacial score (nSPS) is 10.8. The number of thioether (sulfide) groups is 1. The van der Waals surface area contributed by atoms with Gasteiger partial charge >= 0.3 is 0 Å². The number of aryl methyl sites for hydroxylation is 2. The maximum Gasteiger partial charge on any atom is 0.251 e. The van der Waals surface area contributed by atoms with Gasteiger partial charge in [0.05, 0.1) is 12.9 Å². The third kappa shape index (κ3) is 6.05. The fraction of sp³-hybridized carbons (Fsp3) is 0.214. The molecule has 0 saturated heterocycles. The Morgan fingerprint density at radius 1 is 0.971 bits per heavy atom. The highest BCUT2D eigenvalue weighted by atomic mass is 32.2. The molecule has 0 aliphatic heterocycles. The number of hydrogen-bond acceptors (Lipinski definition) is 4. The zero-order valence-electron chi connectivity index (χ0n) is 20.1. The van der Waals surface area contributed by atoms with Crippen molar-refractivity contribution in [1.82, 2.24) is 9.88 Å². The molecule has 2 amide bonds. The third-order valence-electron chi connectivity index (χ3n) is 5.87. The number of fused-ring (bicyclic) bond motifs is 1. The molecule has 0 aliphatic rings. The molecule has 0 unspecified atom stereocenters. The molecule has 4 rings (SSSR count). The van der Waals surface area contributed by atoms with Crippen molar-refractivity contribution in [2.24, 2.45) is 0 Å². The minimum atomic E-state index is -0.0826. The summed E-state index contributed by atoms with van der Waals surface area (Å²) >= 11 is 1.50. The number of para-hydroxylation sites is 1. The summed E-state index contributed by atoms with van der Waals surface area (Å²) in [6, 6.07) is 21.2. The molecule has 7 heteroatoms. The second-order valence-corrected chi connectivity index (χ2v) is 9.34. The van der Waals surface area contributed by atoms with Gasteiger partial charge in [-0.15, -0.1) is 11.8 Å². The highest BCUT2D eigenvalue weighted by Gasteiger charge is 2.12. The summed E-state index contributed by atoms with van der Waals surface area (Å²) in [5, 5.41) is 7.02. The first-order valence-electron chi connectivity index (χ1n) is 11.4. The van der Waals surface area contributed by atoms with Crippen molar-refractivity contribution < 1.29 is 14.3 Å². The van der Waals surface area contributed by atoms with E-state index in [0.29, 0.717) is 30.1 Å². The van der Waals surface area contributed by atoms with E-state index < -0.39 is 0 Å². The number of nitrogens with zero attached hydrogens (tertiary/aromatic N) is 1. The highest BCUT2D eigenvalue weighted by Crippen LogP contribution is 2.30. The van der Waals surface area contributed by atoms with Gasteiger partial charge in [0.1, 0.15) is 5.75 Å². The number of ether oxygens (including phenoxy) is 1. The summed E-state index contributed by atoms with van der Waals surface area (Å²) in [6.45, 7) is 5.18. The Hall–Kier alpha value is -3.71. The number of amides is 2. The van der Waals surface area contributed by atoms with Crippen molar-refractivity contribution in [3.63, 3.8) is 0 Å². The average molecular weight is 488 g/mol. The molecule has 0 radical (unpaired) electrons. The number of carbonyl (C=O) groups is 2. The van der Waals surface area contributed by atoms with Gasteiger partial charge in [-0.3, -0.25) is 9.59 Å². The van der Waals surface area contributed by atoms with Gasteiger partial charge < -0.3 is 19.9 Å². The van der Waals surface area contributed by atoms with Crippen LogP contribution in [0.4, 0.5) is 5.69 Å². The van der Waals surface area contributed by atoms with Crippen LogP contribution >= 0.6 is 11.8 Å². The molecule has 0 spiro atoms. The molecule has 35 heavy (non-hydrogen) atoms. The van der Waals surface area contributed by atoms with E-state index in [0.717, 1.165) is 21.4 Å². The lowest BCUT2D eigenvalue weighted by Gasteiger charge is -2.09. The molecule has 2 N–H and O–H groups in total. The minimum Gasteiger partial charge on any atom is -0.497 e. The second-order valence-electron chi connectivity index (χ2n) is 8.33. The number of benzene rings is 3. The maximum atomic E-state index is 12.6. The lowest BCUT2D eigenvalue weighted by molar-refractivity contribution is -0.113. The molecule has 180 valence electrons. The van der Waals surface area contributed by atoms with Crippen LogP contribution in [0.2, 0.25) is 0 Å². The molecule has 1 heterocycles. The molecule has 6 nitrogen and oxygen atoms in total. The molecule has 3 aromatic carbocycles. The Kier molecular flexibility index (Phi) is 7.77. The summed E-state index contributed by atoms with van der Waals surface area (Å²) in [4.78, 5) is 26.1. The van der Waals surface area contributed by atoms with Crippen molar-refractivity contribution in [2.75, 3.05) is 24.7 Å².